The Morgan fingerprint density at radius 3 is 2.86 bits per heavy atom. The van der Waals surface area contributed by atoms with Crippen LogP contribution in [0, 0.1) is 11.4 Å². The second-order valence-electron chi connectivity index (χ2n) is 2.71. The van der Waals surface area contributed by atoms with E-state index in [-0.39, 0.29) is 5.75 Å². The molecule has 0 fully saturated rings. The van der Waals surface area contributed by atoms with Gasteiger partial charge in [-0.05, 0) is 19.9 Å². The lowest BCUT2D eigenvalue weighted by atomic mass is 10.4. The summed E-state index contributed by atoms with van der Waals surface area (Å²) >= 11 is 10.5. The summed E-state index contributed by atoms with van der Waals surface area (Å²) in [5.41, 5.74) is 0. The summed E-state index contributed by atoms with van der Waals surface area (Å²) in [6, 6.07) is 1.55. The minimum absolute atomic E-state index is 0.264. The molecule has 1 heterocycles. The summed E-state index contributed by atoms with van der Waals surface area (Å²) in [6.45, 7) is 3.19. The van der Waals surface area contributed by atoms with Gasteiger partial charge in [0.2, 0.25) is 0 Å². The Kier molecular flexibility index (Phi) is 3.66. The van der Waals surface area contributed by atoms with Crippen molar-refractivity contribution in [1.29, 1.82) is 0 Å². The van der Waals surface area contributed by atoms with Gasteiger partial charge in [0.15, 0.2) is 5.75 Å². The van der Waals surface area contributed by atoms with Crippen molar-refractivity contribution >= 4 is 29.8 Å². The molecule has 0 saturated carbocycles. The number of halogens is 1. The van der Waals surface area contributed by atoms with Gasteiger partial charge < -0.3 is 9.15 Å². The quantitative estimate of drug-likeness (QED) is 0.447. The minimum atomic E-state index is -0.705. The molecule has 5 heteroatoms. The lowest BCUT2D eigenvalue weighted by molar-refractivity contribution is -0.133. The third-order valence-electron chi connectivity index (χ3n) is 1.54. The molecule has 0 aliphatic carbocycles. The van der Waals surface area contributed by atoms with E-state index in [9.17, 15) is 4.79 Å². The summed E-state index contributed by atoms with van der Waals surface area (Å²) in [7, 11) is 0. The van der Waals surface area contributed by atoms with Crippen molar-refractivity contribution in [2.24, 2.45) is 0 Å². The van der Waals surface area contributed by atoms with Gasteiger partial charge in [-0.1, -0.05) is 12.2 Å². The SMILES string of the molecule is Cc1occc(=S)c1OC(=O)C(C)Cl. The second-order valence-corrected chi connectivity index (χ2v) is 3.80. The van der Waals surface area contributed by atoms with Crippen LogP contribution in [0.1, 0.15) is 12.7 Å². The monoisotopic (exact) mass is 232 g/mol. The molecule has 0 aromatic carbocycles. The van der Waals surface area contributed by atoms with Gasteiger partial charge in [-0.2, -0.15) is 0 Å². The smallest absolute Gasteiger partial charge is 0.329 e. The van der Waals surface area contributed by atoms with Gasteiger partial charge in [-0.3, -0.25) is 4.79 Å². The van der Waals surface area contributed by atoms with E-state index in [4.69, 9.17) is 33.0 Å². The van der Waals surface area contributed by atoms with Crippen LogP contribution < -0.4 is 4.74 Å². The van der Waals surface area contributed by atoms with Crippen molar-refractivity contribution < 1.29 is 13.9 Å². The molecule has 1 unspecified atom stereocenters. The Bertz CT molecular complexity index is 397. The average Bonchev–Trinajstić information content (AvgIpc) is 2.11. The first-order chi connectivity index (χ1) is 6.52. The van der Waals surface area contributed by atoms with Gasteiger partial charge in [-0.25, -0.2) is 0 Å². The lowest BCUT2D eigenvalue weighted by Crippen LogP contribution is -2.18. The predicted molar refractivity (Wildman–Crippen MR) is 55.2 cm³/mol. The number of ether oxygens (including phenoxy) is 1. The van der Waals surface area contributed by atoms with E-state index in [0.29, 0.717) is 10.3 Å². The highest BCUT2D eigenvalue weighted by atomic mass is 35.5. The number of esters is 1. The summed E-state index contributed by atoms with van der Waals surface area (Å²) in [5, 5.41) is -0.705. The molecule has 0 spiro atoms. The molecule has 1 aromatic rings. The maximum atomic E-state index is 11.2. The number of rotatable bonds is 2. The highest BCUT2D eigenvalue weighted by Gasteiger charge is 2.14. The molecule has 0 N–H and O–H groups in total. The van der Waals surface area contributed by atoms with E-state index in [1.165, 1.54) is 13.2 Å². The van der Waals surface area contributed by atoms with E-state index in [0.717, 1.165) is 0 Å². The van der Waals surface area contributed by atoms with Crippen LogP contribution in [0.3, 0.4) is 0 Å². The second kappa shape index (κ2) is 4.57. The van der Waals surface area contributed by atoms with Gasteiger partial charge in [0.1, 0.15) is 11.1 Å². The molecule has 0 aliphatic heterocycles. The Labute approximate surface area is 91.6 Å². The van der Waals surface area contributed by atoms with E-state index in [2.05, 4.69) is 0 Å². The molecule has 0 amide bonds. The topological polar surface area (TPSA) is 39.4 Å². The molecule has 0 bridgehead atoms. The Hall–Kier alpha value is -0.870. The predicted octanol–water partition coefficient (Wildman–Crippen LogP) is 2.85. The molecule has 0 saturated heterocycles. The summed E-state index contributed by atoms with van der Waals surface area (Å²) < 4.78 is 10.4. The molecular weight excluding hydrogens is 224 g/mol. The lowest BCUT2D eigenvalue weighted by Gasteiger charge is -2.06. The Morgan fingerprint density at radius 2 is 2.36 bits per heavy atom. The fourth-order valence-electron chi connectivity index (χ4n) is 0.805. The number of carbonyl (C=O) groups excluding carboxylic acids is 1. The molecule has 0 radical (unpaired) electrons. The van der Waals surface area contributed by atoms with Crippen molar-refractivity contribution in [1.82, 2.24) is 0 Å². The van der Waals surface area contributed by atoms with Crippen LogP contribution in [-0.4, -0.2) is 11.3 Å². The standard InChI is InChI=1S/C9H9ClO3S/c1-5(10)9(11)13-8-6(2)12-4-3-7(8)14/h3-5H,1-2H3. The fourth-order valence-corrected chi connectivity index (χ4v) is 1.09. The van der Waals surface area contributed by atoms with Crippen molar-refractivity contribution in [2.75, 3.05) is 0 Å². The molecule has 76 valence electrons. The van der Waals surface area contributed by atoms with Crippen molar-refractivity contribution in [3.63, 3.8) is 0 Å². The molecular formula is C9H9ClO3S. The first kappa shape index (κ1) is 11.2. The first-order valence-corrected chi connectivity index (χ1v) is 4.81. The zero-order valence-corrected chi connectivity index (χ0v) is 9.32. The van der Waals surface area contributed by atoms with E-state index >= 15 is 0 Å². The Morgan fingerprint density at radius 1 is 1.71 bits per heavy atom. The number of carbonyl (C=O) groups is 1. The van der Waals surface area contributed by atoms with Crippen molar-refractivity contribution in [3.8, 4) is 5.75 Å². The molecule has 1 atom stereocenters. The maximum absolute atomic E-state index is 11.2. The number of aryl methyl sites for hydroxylation is 1. The first-order valence-electron chi connectivity index (χ1n) is 3.96. The third-order valence-corrected chi connectivity index (χ3v) is 2.03. The largest absolute Gasteiger partial charge is 0.466 e. The van der Waals surface area contributed by atoms with Gasteiger partial charge >= 0.3 is 5.97 Å². The van der Waals surface area contributed by atoms with Crippen molar-refractivity contribution in [2.45, 2.75) is 19.2 Å². The van der Waals surface area contributed by atoms with E-state index < -0.39 is 11.3 Å². The highest BCUT2D eigenvalue weighted by molar-refractivity contribution is 7.71. The molecule has 1 rings (SSSR count). The Balaban J connectivity index is 2.97. The number of alkyl halides is 1. The molecule has 0 aliphatic rings. The fraction of sp³-hybridized carbons (Fsp3) is 0.333. The van der Waals surface area contributed by atoms with E-state index in [1.54, 1.807) is 13.0 Å². The minimum Gasteiger partial charge on any atom is -0.466 e. The third kappa shape index (κ3) is 2.56. The van der Waals surface area contributed by atoms with Crippen LogP contribution in [0.4, 0.5) is 0 Å². The number of hydrogen-bond donors (Lipinski definition) is 0. The highest BCUT2D eigenvalue weighted by Crippen LogP contribution is 2.20. The van der Waals surface area contributed by atoms with Gasteiger partial charge in [0.25, 0.3) is 0 Å². The summed E-state index contributed by atoms with van der Waals surface area (Å²) in [5.74, 6) is 0.186. The van der Waals surface area contributed by atoms with Gasteiger partial charge in [-0.15, -0.1) is 11.6 Å². The summed E-state index contributed by atoms with van der Waals surface area (Å²) in [6.07, 6.45) is 1.44. The van der Waals surface area contributed by atoms with E-state index in [1.807, 2.05) is 0 Å². The average molecular weight is 233 g/mol. The zero-order valence-electron chi connectivity index (χ0n) is 7.74. The molecule has 14 heavy (non-hydrogen) atoms. The van der Waals surface area contributed by atoms with Crippen LogP contribution in [0.25, 0.3) is 0 Å². The van der Waals surface area contributed by atoms with Gasteiger partial charge in [0, 0.05) is 0 Å². The maximum Gasteiger partial charge on any atom is 0.329 e. The van der Waals surface area contributed by atoms with Crippen molar-refractivity contribution in [3.05, 3.63) is 22.6 Å². The normalized spacial score (nSPS) is 12.2. The van der Waals surface area contributed by atoms with Crippen LogP contribution in [0.5, 0.6) is 5.75 Å². The molecule has 1 aromatic heterocycles. The molecule has 3 nitrogen and oxygen atoms in total. The zero-order chi connectivity index (χ0) is 10.7. The van der Waals surface area contributed by atoms with Crippen LogP contribution in [0.15, 0.2) is 16.7 Å². The number of hydrogen-bond acceptors (Lipinski definition) is 4. The van der Waals surface area contributed by atoms with Crippen LogP contribution in [0.2, 0.25) is 0 Å². The summed E-state index contributed by atoms with van der Waals surface area (Å²) in [4.78, 5) is 11.2. The van der Waals surface area contributed by atoms with Crippen LogP contribution in [-0.2, 0) is 4.79 Å². The van der Waals surface area contributed by atoms with Gasteiger partial charge in [0.05, 0.1) is 10.8 Å². The van der Waals surface area contributed by atoms with Crippen LogP contribution >= 0.6 is 23.8 Å².